The molecule has 0 aromatic carbocycles. The first-order valence-corrected chi connectivity index (χ1v) is 5.87. The zero-order chi connectivity index (χ0) is 12.6. The van der Waals surface area contributed by atoms with Crippen LogP contribution < -0.4 is 5.73 Å². The van der Waals surface area contributed by atoms with E-state index in [0.29, 0.717) is 17.1 Å². The molecule has 0 aliphatic carbocycles. The molecule has 0 spiro atoms. The number of aromatic nitrogens is 2. The second-order valence-corrected chi connectivity index (χ2v) is 4.73. The van der Waals surface area contributed by atoms with Gasteiger partial charge in [0, 0.05) is 11.9 Å². The van der Waals surface area contributed by atoms with Crippen molar-refractivity contribution in [2.75, 3.05) is 0 Å². The van der Waals surface area contributed by atoms with Gasteiger partial charge in [-0.25, -0.2) is 9.67 Å². The third kappa shape index (κ3) is 2.09. The van der Waals surface area contributed by atoms with E-state index < -0.39 is 6.29 Å². The maximum Gasteiger partial charge on any atom is 0.185 e. The Labute approximate surface area is 112 Å². The maximum atomic E-state index is 9.16. The number of hydrogen-bond donors (Lipinski definition) is 2. The van der Waals surface area contributed by atoms with Gasteiger partial charge in [0.25, 0.3) is 0 Å². The van der Waals surface area contributed by atoms with Crippen LogP contribution in [0, 0.1) is 11.3 Å². The van der Waals surface area contributed by atoms with Crippen molar-refractivity contribution in [3.8, 4) is 6.07 Å². The Balaban J connectivity index is 2.53. The van der Waals surface area contributed by atoms with Gasteiger partial charge in [-0.3, -0.25) is 10.0 Å². The van der Waals surface area contributed by atoms with Gasteiger partial charge in [0.15, 0.2) is 12.1 Å². The summed E-state index contributed by atoms with van der Waals surface area (Å²) in [6.07, 6.45) is 2.70. The number of nitriles is 1. The Morgan fingerprint density at radius 1 is 1.65 bits per heavy atom. The molecule has 17 heavy (non-hydrogen) atoms. The minimum Gasteiger partial charge on any atom is -0.292 e. The van der Waals surface area contributed by atoms with Crippen molar-refractivity contribution >= 4 is 34.6 Å². The third-order valence-corrected chi connectivity index (χ3v) is 3.26. The number of rotatable bonds is 0. The first kappa shape index (κ1) is 12.2. The summed E-state index contributed by atoms with van der Waals surface area (Å²) in [5.41, 5.74) is 6.84. The molecule has 1 unspecified atom stereocenters. The molecule has 1 aliphatic rings. The van der Waals surface area contributed by atoms with Crippen LogP contribution in [0.3, 0.4) is 0 Å². The lowest BCUT2D eigenvalue weighted by Gasteiger charge is -2.28. The number of thiol groups is 1. The van der Waals surface area contributed by atoms with Crippen molar-refractivity contribution in [1.82, 2.24) is 14.1 Å². The average Bonchev–Trinajstić information content (AvgIpc) is 2.72. The topological polar surface area (TPSA) is 83.2 Å². The molecule has 0 saturated heterocycles. The van der Waals surface area contributed by atoms with Gasteiger partial charge >= 0.3 is 0 Å². The van der Waals surface area contributed by atoms with Crippen molar-refractivity contribution in [3.05, 3.63) is 28.1 Å². The zero-order valence-electron chi connectivity index (χ0n) is 8.87. The molecule has 6 nitrogen and oxygen atoms in total. The number of nitrogens with zero attached hydrogens (tertiary/aromatic N) is 5. The maximum absolute atomic E-state index is 9.16. The predicted octanol–water partition coefficient (Wildman–Crippen LogP) is 1.09. The number of nitrogens with two attached hydrogens (primary N) is 1. The summed E-state index contributed by atoms with van der Waals surface area (Å²) in [6.45, 7) is 1.76. The SMILES string of the molecule is CC1=C(C#N)C(n2cc(Br)cn2)=NC(N)N1S. The third-order valence-electron chi connectivity index (χ3n) is 2.31. The Morgan fingerprint density at radius 2 is 2.35 bits per heavy atom. The van der Waals surface area contributed by atoms with Crippen molar-refractivity contribution in [3.63, 3.8) is 0 Å². The van der Waals surface area contributed by atoms with E-state index in [9.17, 15) is 0 Å². The van der Waals surface area contributed by atoms with Gasteiger partial charge in [-0.15, -0.1) is 0 Å². The van der Waals surface area contributed by atoms with E-state index in [2.05, 4.69) is 44.9 Å². The van der Waals surface area contributed by atoms with E-state index in [1.165, 1.54) is 8.99 Å². The number of hydrogen-bond acceptors (Lipinski definition) is 6. The second kappa shape index (κ2) is 4.52. The Morgan fingerprint density at radius 3 is 2.88 bits per heavy atom. The largest absolute Gasteiger partial charge is 0.292 e. The van der Waals surface area contributed by atoms with Gasteiger partial charge in [-0.05, 0) is 22.9 Å². The van der Waals surface area contributed by atoms with E-state index in [4.69, 9.17) is 11.0 Å². The molecular weight excluding hydrogens is 304 g/mol. The summed E-state index contributed by atoms with van der Waals surface area (Å²) < 4.78 is 3.75. The molecule has 88 valence electrons. The fourth-order valence-corrected chi connectivity index (χ4v) is 1.88. The van der Waals surface area contributed by atoms with Crippen LogP contribution in [-0.2, 0) is 0 Å². The van der Waals surface area contributed by atoms with E-state index in [-0.39, 0.29) is 0 Å². The van der Waals surface area contributed by atoms with Crippen LogP contribution >= 0.6 is 28.7 Å². The Kier molecular flexibility index (Phi) is 3.24. The number of halogens is 1. The van der Waals surface area contributed by atoms with Gasteiger partial charge in [0.2, 0.25) is 0 Å². The fourth-order valence-electron chi connectivity index (χ4n) is 1.44. The Bertz CT molecular complexity index is 554. The quantitative estimate of drug-likeness (QED) is 0.703. The summed E-state index contributed by atoms with van der Waals surface area (Å²) >= 11 is 7.46. The molecule has 0 saturated carbocycles. The molecule has 0 radical (unpaired) electrons. The predicted molar refractivity (Wildman–Crippen MR) is 69.9 cm³/mol. The zero-order valence-corrected chi connectivity index (χ0v) is 11.4. The molecule has 2 rings (SSSR count). The van der Waals surface area contributed by atoms with Crippen LogP contribution in [0.15, 0.2) is 33.1 Å². The first-order valence-electron chi connectivity index (χ1n) is 4.68. The second-order valence-electron chi connectivity index (χ2n) is 3.39. The lowest BCUT2D eigenvalue weighted by molar-refractivity contribution is 0.435. The van der Waals surface area contributed by atoms with Crippen molar-refractivity contribution < 1.29 is 0 Å². The fraction of sp³-hybridized carbons (Fsp3) is 0.222. The highest BCUT2D eigenvalue weighted by Gasteiger charge is 2.25. The van der Waals surface area contributed by atoms with Crippen LogP contribution in [0.1, 0.15) is 6.92 Å². The van der Waals surface area contributed by atoms with E-state index in [1.54, 1.807) is 19.3 Å². The monoisotopic (exact) mass is 312 g/mol. The first-order chi connectivity index (χ1) is 8.04. The molecular formula is C9H9BrN6S. The van der Waals surface area contributed by atoms with Crippen molar-refractivity contribution in [2.24, 2.45) is 10.7 Å². The minimum atomic E-state index is -0.631. The summed E-state index contributed by atoms with van der Waals surface area (Å²) in [5.74, 6) is 0.425. The van der Waals surface area contributed by atoms with Crippen LogP contribution in [0.4, 0.5) is 0 Å². The van der Waals surface area contributed by atoms with Crippen LogP contribution in [0.25, 0.3) is 0 Å². The molecule has 2 N–H and O–H groups in total. The van der Waals surface area contributed by atoms with Gasteiger partial charge < -0.3 is 0 Å². The molecule has 0 bridgehead atoms. The Hall–Kier alpha value is -1.30. The molecule has 1 aromatic heterocycles. The van der Waals surface area contributed by atoms with Gasteiger partial charge in [0.05, 0.1) is 10.7 Å². The highest BCUT2D eigenvalue weighted by atomic mass is 79.9. The van der Waals surface area contributed by atoms with Crippen LogP contribution in [0.5, 0.6) is 0 Å². The minimum absolute atomic E-state index is 0.400. The van der Waals surface area contributed by atoms with Crippen molar-refractivity contribution in [2.45, 2.75) is 13.2 Å². The highest BCUT2D eigenvalue weighted by Crippen LogP contribution is 2.22. The van der Waals surface area contributed by atoms with E-state index >= 15 is 0 Å². The van der Waals surface area contributed by atoms with Crippen LogP contribution in [-0.4, -0.2) is 26.2 Å². The smallest absolute Gasteiger partial charge is 0.185 e. The number of aliphatic imine (C=N–C) groups is 1. The van der Waals surface area contributed by atoms with E-state index in [1.807, 2.05) is 0 Å². The molecule has 1 aliphatic heterocycles. The highest BCUT2D eigenvalue weighted by molar-refractivity contribution is 9.10. The van der Waals surface area contributed by atoms with Crippen molar-refractivity contribution in [1.29, 1.82) is 5.26 Å². The normalized spacial score (nSPS) is 20.3. The molecule has 0 amide bonds. The average molecular weight is 313 g/mol. The lowest BCUT2D eigenvalue weighted by atomic mass is 10.2. The van der Waals surface area contributed by atoms with Gasteiger partial charge in [-0.1, -0.05) is 12.8 Å². The molecule has 1 atom stereocenters. The molecule has 2 heterocycles. The summed E-state index contributed by atoms with van der Waals surface area (Å²) in [4.78, 5) is 4.19. The lowest BCUT2D eigenvalue weighted by Crippen LogP contribution is -2.39. The summed E-state index contributed by atoms with van der Waals surface area (Å²) in [7, 11) is 0. The molecule has 1 aromatic rings. The summed E-state index contributed by atoms with van der Waals surface area (Å²) in [6, 6.07) is 2.09. The van der Waals surface area contributed by atoms with E-state index in [0.717, 1.165) is 4.47 Å². The number of allylic oxidation sites excluding steroid dienone is 2. The van der Waals surface area contributed by atoms with Gasteiger partial charge in [0.1, 0.15) is 11.6 Å². The van der Waals surface area contributed by atoms with Gasteiger partial charge in [-0.2, -0.15) is 10.4 Å². The summed E-state index contributed by atoms with van der Waals surface area (Å²) in [5, 5.41) is 13.2. The molecule has 0 fully saturated rings. The van der Waals surface area contributed by atoms with Crippen LogP contribution in [0.2, 0.25) is 0 Å². The molecule has 8 heteroatoms. The standard InChI is InChI=1S/C9H9BrN6S/c1-5-7(2-11)8(14-9(12)16(5)17)15-4-6(10)3-13-15/h3-4,9,17H,12H2,1H3.